The Morgan fingerprint density at radius 2 is 1.83 bits per heavy atom. The Kier molecular flexibility index (Phi) is 4.65. The molecule has 6 heteroatoms. The van der Waals surface area contributed by atoms with E-state index >= 15 is 0 Å². The summed E-state index contributed by atoms with van der Waals surface area (Å²) in [6.07, 6.45) is 1.50. The summed E-state index contributed by atoms with van der Waals surface area (Å²) in [5.41, 5.74) is 2.84. The van der Waals surface area contributed by atoms with Crippen molar-refractivity contribution in [1.82, 2.24) is 15.5 Å². The van der Waals surface area contributed by atoms with Crippen molar-refractivity contribution in [1.29, 1.82) is 0 Å². The predicted octanol–water partition coefficient (Wildman–Crippen LogP) is 4.31. The Bertz CT molecular complexity index is 845. The third-order valence-corrected chi connectivity index (χ3v) is 3.81. The fourth-order valence-electron chi connectivity index (χ4n) is 2.25. The zero-order valence-electron chi connectivity index (χ0n) is 12.0. The maximum Gasteiger partial charge on any atom is 0.255 e. The van der Waals surface area contributed by atoms with Gasteiger partial charge in [0.05, 0.1) is 17.5 Å². The summed E-state index contributed by atoms with van der Waals surface area (Å²) in [7, 11) is 0. The van der Waals surface area contributed by atoms with Gasteiger partial charge in [-0.15, -0.1) is 0 Å². The molecule has 0 bridgehead atoms. The molecule has 0 aliphatic rings. The molecule has 0 fully saturated rings. The van der Waals surface area contributed by atoms with E-state index in [1.54, 1.807) is 18.2 Å². The maximum absolute atomic E-state index is 12.4. The molecular formula is C17H13Cl2N3O. The number of aromatic nitrogens is 2. The molecule has 116 valence electrons. The summed E-state index contributed by atoms with van der Waals surface area (Å²) >= 11 is 11.9. The molecule has 0 saturated heterocycles. The van der Waals surface area contributed by atoms with Crippen LogP contribution in [0.1, 0.15) is 15.9 Å². The van der Waals surface area contributed by atoms with E-state index in [0.717, 1.165) is 11.1 Å². The summed E-state index contributed by atoms with van der Waals surface area (Å²) in [4.78, 5) is 12.4. The molecule has 0 aliphatic heterocycles. The van der Waals surface area contributed by atoms with Gasteiger partial charge in [-0.25, -0.2) is 0 Å². The van der Waals surface area contributed by atoms with Crippen molar-refractivity contribution < 1.29 is 4.79 Å². The molecular weight excluding hydrogens is 333 g/mol. The molecule has 4 nitrogen and oxygen atoms in total. The van der Waals surface area contributed by atoms with Gasteiger partial charge in [0, 0.05) is 22.2 Å². The van der Waals surface area contributed by atoms with Gasteiger partial charge in [0.2, 0.25) is 0 Å². The molecule has 0 spiro atoms. The van der Waals surface area contributed by atoms with Gasteiger partial charge in [-0.2, -0.15) is 5.10 Å². The Morgan fingerprint density at radius 3 is 2.57 bits per heavy atom. The number of nitrogens with one attached hydrogen (secondary N) is 2. The van der Waals surface area contributed by atoms with Gasteiger partial charge in [-0.1, -0.05) is 47.5 Å². The van der Waals surface area contributed by atoms with Gasteiger partial charge >= 0.3 is 0 Å². The highest BCUT2D eigenvalue weighted by Crippen LogP contribution is 2.24. The lowest BCUT2D eigenvalue weighted by Gasteiger charge is -2.07. The first kappa shape index (κ1) is 15.6. The lowest BCUT2D eigenvalue weighted by atomic mass is 10.1. The standard InChI is InChI=1S/C17H13Cl2N3O/c18-13-5-1-3-11(7-13)9-20-17(23)15-10-21-22-16(15)12-4-2-6-14(19)8-12/h1-8,10H,9H2,(H,20,23)(H,21,22). The lowest BCUT2D eigenvalue weighted by molar-refractivity contribution is 0.0951. The minimum atomic E-state index is -0.214. The van der Waals surface area contributed by atoms with Crippen molar-refractivity contribution >= 4 is 29.1 Å². The number of amides is 1. The molecule has 1 aromatic heterocycles. The maximum atomic E-state index is 12.4. The van der Waals surface area contributed by atoms with Crippen molar-refractivity contribution in [3.8, 4) is 11.3 Å². The van der Waals surface area contributed by atoms with Gasteiger partial charge in [-0.05, 0) is 29.8 Å². The van der Waals surface area contributed by atoms with Crippen LogP contribution in [0.25, 0.3) is 11.3 Å². The largest absolute Gasteiger partial charge is 0.348 e. The number of hydrogen-bond acceptors (Lipinski definition) is 2. The minimum absolute atomic E-state index is 0.214. The molecule has 1 heterocycles. The monoisotopic (exact) mass is 345 g/mol. The zero-order valence-corrected chi connectivity index (χ0v) is 13.5. The number of carbonyl (C=O) groups excluding carboxylic acids is 1. The normalized spacial score (nSPS) is 10.5. The third kappa shape index (κ3) is 3.73. The number of nitrogens with zero attached hydrogens (tertiary/aromatic N) is 1. The lowest BCUT2D eigenvalue weighted by Crippen LogP contribution is -2.22. The predicted molar refractivity (Wildman–Crippen MR) is 91.7 cm³/mol. The highest BCUT2D eigenvalue weighted by atomic mass is 35.5. The van der Waals surface area contributed by atoms with Crippen molar-refractivity contribution in [2.45, 2.75) is 6.54 Å². The molecule has 0 atom stereocenters. The van der Waals surface area contributed by atoms with Crippen LogP contribution in [0.3, 0.4) is 0 Å². The van der Waals surface area contributed by atoms with E-state index in [-0.39, 0.29) is 5.91 Å². The fourth-order valence-corrected chi connectivity index (χ4v) is 2.65. The molecule has 2 aromatic carbocycles. The third-order valence-electron chi connectivity index (χ3n) is 3.34. The van der Waals surface area contributed by atoms with Crippen LogP contribution in [0, 0.1) is 0 Å². The van der Waals surface area contributed by atoms with Crippen LogP contribution in [0.15, 0.2) is 54.7 Å². The van der Waals surface area contributed by atoms with E-state index in [0.29, 0.717) is 27.8 Å². The van der Waals surface area contributed by atoms with E-state index in [4.69, 9.17) is 23.2 Å². The second-order valence-electron chi connectivity index (χ2n) is 4.98. The molecule has 0 unspecified atom stereocenters. The molecule has 0 radical (unpaired) electrons. The molecule has 3 aromatic rings. The first-order valence-corrected chi connectivity index (χ1v) is 7.71. The first-order chi connectivity index (χ1) is 11.1. The second kappa shape index (κ2) is 6.86. The number of hydrogen-bond donors (Lipinski definition) is 2. The molecule has 1 amide bonds. The van der Waals surface area contributed by atoms with Crippen LogP contribution in [0.2, 0.25) is 10.0 Å². The van der Waals surface area contributed by atoms with E-state index < -0.39 is 0 Å². The van der Waals surface area contributed by atoms with Crippen LogP contribution in [0.4, 0.5) is 0 Å². The molecule has 0 saturated carbocycles. The van der Waals surface area contributed by atoms with E-state index in [1.165, 1.54) is 6.20 Å². The number of halogens is 2. The summed E-state index contributed by atoms with van der Waals surface area (Å²) in [5.74, 6) is -0.214. The first-order valence-electron chi connectivity index (χ1n) is 6.95. The van der Waals surface area contributed by atoms with Crippen LogP contribution < -0.4 is 5.32 Å². The Hall–Kier alpha value is -2.30. The number of benzene rings is 2. The highest BCUT2D eigenvalue weighted by Gasteiger charge is 2.15. The Balaban J connectivity index is 1.77. The topological polar surface area (TPSA) is 57.8 Å². The number of aromatic amines is 1. The second-order valence-corrected chi connectivity index (χ2v) is 5.85. The SMILES string of the molecule is O=C(NCc1cccc(Cl)c1)c1cn[nH]c1-c1cccc(Cl)c1. The summed E-state index contributed by atoms with van der Waals surface area (Å²) < 4.78 is 0. The van der Waals surface area contributed by atoms with E-state index in [9.17, 15) is 4.79 Å². The van der Waals surface area contributed by atoms with Crippen LogP contribution in [-0.4, -0.2) is 16.1 Å². The fraction of sp³-hybridized carbons (Fsp3) is 0.0588. The summed E-state index contributed by atoms with van der Waals surface area (Å²) in [5, 5.41) is 10.9. The molecule has 0 aliphatic carbocycles. The number of carbonyl (C=O) groups is 1. The molecule has 3 rings (SSSR count). The summed E-state index contributed by atoms with van der Waals surface area (Å²) in [6.45, 7) is 0.388. The van der Waals surface area contributed by atoms with Crippen molar-refractivity contribution in [2.75, 3.05) is 0 Å². The van der Waals surface area contributed by atoms with E-state index in [2.05, 4.69) is 15.5 Å². The van der Waals surface area contributed by atoms with E-state index in [1.807, 2.05) is 30.3 Å². The van der Waals surface area contributed by atoms with Gasteiger partial charge in [0.15, 0.2) is 0 Å². The van der Waals surface area contributed by atoms with Crippen molar-refractivity contribution in [3.63, 3.8) is 0 Å². The van der Waals surface area contributed by atoms with Gasteiger partial charge < -0.3 is 5.32 Å². The van der Waals surface area contributed by atoms with Gasteiger partial charge in [-0.3, -0.25) is 9.89 Å². The molecule has 2 N–H and O–H groups in total. The zero-order chi connectivity index (χ0) is 16.2. The highest BCUT2D eigenvalue weighted by molar-refractivity contribution is 6.31. The summed E-state index contributed by atoms with van der Waals surface area (Å²) in [6, 6.07) is 14.6. The van der Waals surface area contributed by atoms with Crippen molar-refractivity contribution in [2.24, 2.45) is 0 Å². The van der Waals surface area contributed by atoms with Gasteiger partial charge in [0.25, 0.3) is 5.91 Å². The van der Waals surface area contributed by atoms with Crippen molar-refractivity contribution in [3.05, 3.63) is 75.9 Å². The van der Waals surface area contributed by atoms with Crippen LogP contribution >= 0.6 is 23.2 Å². The Morgan fingerprint density at radius 1 is 1.09 bits per heavy atom. The quantitative estimate of drug-likeness (QED) is 0.739. The van der Waals surface area contributed by atoms with Crippen LogP contribution in [0.5, 0.6) is 0 Å². The number of H-pyrrole nitrogens is 1. The molecule has 23 heavy (non-hydrogen) atoms. The number of rotatable bonds is 4. The Labute approximate surface area is 143 Å². The van der Waals surface area contributed by atoms with Crippen LogP contribution in [-0.2, 0) is 6.54 Å². The smallest absolute Gasteiger partial charge is 0.255 e. The minimum Gasteiger partial charge on any atom is -0.348 e. The average molecular weight is 346 g/mol. The average Bonchev–Trinajstić information content (AvgIpc) is 3.02. The van der Waals surface area contributed by atoms with Gasteiger partial charge in [0.1, 0.15) is 0 Å².